The van der Waals surface area contributed by atoms with Crippen molar-refractivity contribution >= 4 is 33.4 Å². The van der Waals surface area contributed by atoms with Gasteiger partial charge in [0.1, 0.15) is 9.84 Å². The first kappa shape index (κ1) is 9.49. The molecule has 0 aromatic carbocycles. The van der Waals surface area contributed by atoms with Gasteiger partial charge in [-0.25, -0.2) is 8.42 Å². The van der Waals surface area contributed by atoms with Crippen molar-refractivity contribution in [1.82, 2.24) is 3.94 Å². The molecule has 3 nitrogen and oxygen atoms in total. The predicted molar refractivity (Wildman–Crippen MR) is 38.1 cm³/mol. The maximum absolute atomic E-state index is 10.4. The second-order valence-electron chi connectivity index (χ2n) is 1.66. The van der Waals surface area contributed by atoms with Crippen LogP contribution in [-0.2, 0) is 9.84 Å². The Kier molecular flexibility index (Phi) is 3.80. The van der Waals surface area contributed by atoms with Crippen molar-refractivity contribution < 1.29 is 8.42 Å². The van der Waals surface area contributed by atoms with Crippen LogP contribution in [0, 0.1) is 0 Å². The average molecular weight is 192 g/mol. The standard InChI is InChI=1S/C3H7Cl2NO2S/c1-9(7,8)3-2-6(4)5/h2-3H2,1H3. The molecule has 0 saturated carbocycles. The van der Waals surface area contributed by atoms with Crippen molar-refractivity contribution in [3.63, 3.8) is 0 Å². The smallest absolute Gasteiger partial charge is 0.148 e. The summed E-state index contributed by atoms with van der Waals surface area (Å²) in [7, 11) is -2.93. The Balaban J connectivity index is 3.53. The summed E-state index contributed by atoms with van der Waals surface area (Å²) in [5.74, 6) is -0.0139. The normalized spacial score (nSPS) is 12.4. The van der Waals surface area contributed by atoms with Gasteiger partial charge in [-0.05, 0) is 23.6 Å². The number of nitrogens with zero attached hydrogens (tertiary/aromatic N) is 1. The molecular formula is C3H7Cl2NO2S. The summed E-state index contributed by atoms with van der Waals surface area (Å²) in [6, 6.07) is 0. The van der Waals surface area contributed by atoms with Crippen LogP contribution in [0.25, 0.3) is 0 Å². The van der Waals surface area contributed by atoms with Gasteiger partial charge in [0, 0.05) is 12.8 Å². The van der Waals surface area contributed by atoms with Crippen LogP contribution in [0.5, 0.6) is 0 Å². The van der Waals surface area contributed by atoms with Crippen LogP contribution in [-0.4, -0.2) is 30.9 Å². The molecule has 0 unspecified atom stereocenters. The van der Waals surface area contributed by atoms with E-state index in [1.165, 1.54) is 0 Å². The summed E-state index contributed by atoms with van der Waals surface area (Å²) in [5.41, 5.74) is 0. The predicted octanol–water partition coefficient (Wildman–Crippen LogP) is 0.641. The van der Waals surface area contributed by atoms with Crippen molar-refractivity contribution in [2.24, 2.45) is 0 Å². The number of halogens is 2. The largest absolute Gasteiger partial charge is 0.229 e. The number of hydrogen-bond acceptors (Lipinski definition) is 3. The van der Waals surface area contributed by atoms with Gasteiger partial charge in [0.05, 0.1) is 5.75 Å². The molecule has 9 heavy (non-hydrogen) atoms. The van der Waals surface area contributed by atoms with E-state index in [1.807, 2.05) is 0 Å². The third-order valence-electron chi connectivity index (χ3n) is 0.631. The molecule has 0 spiro atoms. The Morgan fingerprint density at radius 2 is 1.89 bits per heavy atom. The maximum atomic E-state index is 10.4. The van der Waals surface area contributed by atoms with E-state index in [4.69, 9.17) is 23.6 Å². The maximum Gasteiger partial charge on any atom is 0.148 e. The summed E-state index contributed by atoms with van der Waals surface area (Å²) in [6.07, 6.45) is 1.13. The Morgan fingerprint density at radius 1 is 1.44 bits per heavy atom. The SMILES string of the molecule is CS(=O)(=O)CCN(Cl)Cl. The summed E-state index contributed by atoms with van der Waals surface area (Å²) in [4.78, 5) is 0. The van der Waals surface area contributed by atoms with E-state index in [1.54, 1.807) is 0 Å². The highest BCUT2D eigenvalue weighted by molar-refractivity contribution is 7.90. The minimum atomic E-state index is -2.93. The van der Waals surface area contributed by atoms with E-state index in [2.05, 4.69) is 0 Å². The van der Waals surface area contributed by atoms with Crippen LogP contribution in [0.1, 0.15) is 0 Å². The third-order valence-corrected chi connectivity index (χ3v) is 1.89. The Bertz CT molecular complexity index is 165. The van der Waals surface area contributed by atoms with Crippen LogP contribution in [0.2, 0.25) is 0 Å². The molecule has 0 aromatic rings. The van der Waals surface area contributed by atoms with Gasteiger partial charge in [-0.15, -0.1) is 3.94 Å². The van der Waals surface area contributed by atoms with Gasteiger partial charge in [-0.1, -0.05) is 0 Å². The molecule has 0 fully saturated rings. The van der Waals surface area contributed by atoms with Gasteiger partial charge in [0.2, 0.25) is 0 Å². The molecule has 0 atom stereocenters. The minimum Gasteiger partial charge on any atom is -0.229 e. The Morgan fingerprint density at radius 3 is 2.00 bits per heavy atom. The van der Waals surface area contributed by atoms with Crippen molar-refractivity contribution in [3.05, 3.63) is 0 Å². The topological polar surface area (TPSA) is 37.4 Å². The summed E-state index contributed by atoms with van der Waals surface area (Å²) in [5, 5.41) is 0. The van der Waals surface area contributed by atoms with Crippen LogP contribution in [0.3, 0.4) is 0 Å². The van der Waals surface area contributed by atoms with E-state index >= 15 is 0 Å². The Hall–Kier alpha value is 0.490. The van der Waals surface area contributed by atoms with Crippen LogP contribution >= 0.6 is 23.6 Å². The molecule has 0 rings (SSSR count). The number of rotatable bonds is 3. The summed E-state index contributed by atoms with van der Waals surface area (Å²) < 4.78 is 21.6. The van der Waals surface area contributed by atoms with Crippen LogP contribution < -0.4 is 0 Å². The van der Waals surface area contributed by atoms with Gasteiger partial charge < -0.3 is 0 Å². The molecule has 56 valence electrons. The first-order valence-electron chi connectivity index (χ1n) is 2.18. The molecule has 0 bridgehead atoms. The Labute approximate surface area is 64.7 Å². The van der Waals surface area contributed by atoms with Gasteiger partial charge in [-0.2, -0.15) is 0 Å². The lowest BCUT2D eigenvalue weighted by Gasteiger charge is -1.99. The monoisotopic (exact) mass is 191 g/mol. The molecule has 0 amide bonds. The molecule has 0 aliphatic rings. The zero-order valence-corrected chi connectivity index (χ0v) is 7.17. The second kappa shape index (κ2) is 3.61. The fourth-order valence-electron chi connectivity index (χ4n) is 0.235. The van der Waals surface area contributed by atoms with Gasteiger partial charge in [0.15, 0.2) is 0 Å². The van der Waals surface area contributed by atoms with Crippen molar-refractivity contribution in [2.75, 3.05) is 18.6 Å². The van der Waals surface area contributed by atoms with Gasteiger partial charge in [0.25, 0.3) is 0 Å². The van der Waals surface area contributed by atoms with Gasteiger partial charge in [-0.3, -0.25) is 0 Å². The van der Waals surface area contributed by atoms with E-state index in [0.29, 0.717) is 0 Å². The fraction of sp³-hybridized carbons (Fsp3) is 1.00. The molecule has 0 aromatic heterocycles. The lowest BCUT2D eigenvalue weighted by atomic mass is 10.8. The van der Waals surface area contributed by atoms with E-state index in [-0.39, 0.29) is 12.3 Å². The highest BCUT2D eigenvalue weighted by Gasteiger charge is 2.03. The quantitative estimate of drug-likeness (QED) is 0.615. The molecule has 0 aliphatic carbocycles. The zero-order chi connectivity index (χ0) is 7.49. The summed E-state index contributed by atoms with van der Waals surface area (Å²) >= 11 is 10.2. The zero-order valence-electron chi connectivity index (χ0n) is 4.84. The lowest BCUT2D eigenvalue weighted by molar-refractivity contribution is 0.595. The molecule has 0 aliphatic heterocycles. The average Bonchev–Trinajstić information content (AvgIpc) is 1.59. The molecule has 0 saturated heterocycles. The molecule has 6 heteroatoms. The van der Waals surface area contributed by atoms with Crippen molar-refractivity contribution in [1.29, 1.82) is 0 Å². The van der Waals surface area contributed by atoms with Crippen LogP contribution in [0.15, 0.2) is 0 Å². The number of sulfone groups is 1. The summed E-state index contributed by atoms with van der Waals surface area (Å²) in [6.45, 7) is 0.141. The highest BCUT2D eigenvalue weighted by atomic mass is 35.5. The van der Waals surface area contributed by atoms with E-state index in [0.717, 1.165) is 10.2 Å². The van der Waals surface area contributed by atoms with Gasteiger partial charge >= 0.3 is 0 Å². The van der Waals surface area contributed by atoms with Crippen molar-refractivity contribution in [3.8, 4) is 0 Å². The highest BCUT2D eigenvalue weighted by Crippen LogP contribution is 1.97. The molecule has 0 N–H and O–H groups in total. The van der Waals surface area contributed by atoms with E-state index in [9.17, 15) is 8.42 Å². The lowest BCUT2D eigenvalue weighted by Crippen LogP contribution is -2.13. The minimum absolute atomic E-state index is 0.0139. The third kappa shape index (κ3) is 8.49. The first-order valence-corrected chi connectivity index (χ1v) is 4.92. The second-order valence-corrected chi connectivity index (χ2v) is 4.91. The fourth-order valence-corrected chi connectivity index (χ4v) is 1.12. The van der Waals surface area contributed by atoms with E-state index < -0.39 is 9.84 Å². The molecular weight excluding hydrogens is 185 g/mol. The molecule has 0 radical (unpaired) electrons. The van der Waals surface area contributed by atoms with Crippen LogP contribution in [0.4, 0.5) is 0 Å². The number of hydrogen-bond donors (Lipinski definition) is 0. The van der Waals surface area contributed by atoms with Crippen molar-refractivity contribution in [2.45, 2.75) is 0 Å². The first-order chi connectivity index (χ1) is 3.92. The molecule has 0 heterocycles.